The first kappa shape index (κ1) is 22.5. The normalized spacial score (nSPS) is 14.9. The molecule has 2 heterocycles. The topological polar surface area (TPSA) is 90.5 Å². The summed E-state index contributed by atoms with van der Waals surface area (Å²) in [5.74, 6) is -1.07. The zero-order valence-electron chi connectivity index (χ0n) is 16.1. The van der Waals surface area contributed by atoms with Gasteiger partial charge in [0, 0.05) is 29.0 Å². The Hall–Kier alpha value is -2.66. The molecule has 2 aromatic carbocycles. The Balaban J connectivity index is 1.57. The first-order valence-electron chi connectivity index (χ1n) is 9.10. The van der Waals surface area contributed by atoms with E-state index in [1.54, 1.807) is 22.8 Å². The molecule has 2 aromatic rings. The van der Waals surface area contributed by atoms with E-state index >= 15 is 0 Å². The molecule has 32 heavy (non-hydrogen) atoms. The lowest BCUT2D eigenvalue weighted by atomic mass is 10.1. The molecular weight excluding hydrogens is 498 g/mol. The number of hydrogen-bond acceptors (Lipinski definition) is 6. The predicted molar refractivity (Wildman–Crippen MR) is 124 cm³/mol. The van der Waals surface area contributed by atoms with Gasteiger partial charge >= 0.3 is 0 Å². The van der Waals surface area contributed by atoms with E-state index in [4.69, 9.17) is 23.2 Å². The minimum atomic E-state index is -4.03. The summed E-state index contributed by atoms with van der Waals surface area (Å²) in [4.78, 5) is 12.9. The van der Waals surface area contributed by atoms with Crippen LogP contribution in [0.3, 0.4) is 0 Å². The van der Waals surface area contributed by atoms with Crippen molar-refractivity contribution in [1.29, 1.82) is 0 Å². The Morgan fingerprint density at radius 1 is 1.19 bits per heavy atom. The SMILES string of the molecule is O=C(NCc1ccc(F)cc1Cl)c1cc(Cl)ccc1NS(=O)(=O)C1=CC=CN2SNC=C12. The van der Waals surface area contributed by atoms with Crippen LogP contribution in [0.4, 0.5) is 10.1 Å². The fourth-order valence-electron chi connectivity index (χ4n) is 2.99. The van der Waals surface area contributed by atoms with Crippen molar-refractivity contribution in [3.63, 3.8) is 0 Å². The van der Waals surface area contributed by atoms with Crippen LogP contribution in [-0.4, -0.2) is 18.6 Å². The highest BCUT2D eigenvalue weighted by Gasteiger charge is 2.30. The minimum Gasteiger partial charge on any atom is -0.348 e. The molecule has 0 bridgehead atoms. The summed E-state index contributed by atoms with van der Waals surface area (Å²) >= 11 is 13.3. The Kier molecular flexibility index (Phi) is 6.38. The molecular formula is C20H15Cl2FN4O3S2. The number of nitrogens with zero attached hydrogens (tertiary/aromatic N) is 1. The second-order valence-electron chi connectivity index (χ2n) is 6.65. The summed E-state index contributed by atoms with van der Waals surface area (Å²) in [6.45, 7) is 0.0112. The summed E-state index contributed by atoms with van der Waals surface area (Å²) in [6.07, 6.45) is 6.36. The minimum absolute atomic E-state index is 0.0112. The van der Waals surface area contributed by atoms with Gasteiger partial charge in [0.15, 0.2) is 0 Å². The van der Waals surface area contributed by atoms with E-state index in [1.165, 1.54) is 48.5 Å². The van der Waals surface area contributed by atoms with Gasteiger partial charge in [-0.25, -0.2) is 12.8 Å². The molecule has 1 amide bonds. The number of anilines is 1. The van der Waals surface area contributed by atoms with Crippen LogP contribution in [-0.2, 0) is 16.6 Å². The van der Waals surface area contributed by atoms with Crippen molar-refractivity contribution in [2.75, 3.05) is 4.72 Å². The van der Waals surface area contributed by atoms with Crippen LogP contribution in [0.1, 0.15) is 15.9 Å². The summed E-state index contributed by atoms with van der Waals surface area (Å²) in [5.41, 5.74) is 1.04. The van der Waals surface area contributed by atoms with E-state index in [9.17, 15) is 17.6 Å². The number of carbonyl (C=O) groups excluding carboxylic acids is 1. The Morgan fingerprint density at radius 2 is 2.00 bits per heavy atom. The Labute approximate surface area is 198 Å². The molecule has 2 aliphatic rings. The van der Waals surface area contributed by atoms with Crippen LogP contribution in [0.5, 0.6) is 0 Å². The maximum absolute atomic E-state index is 13.2. The predicted octanol–water partition coefficient (Wildman–Crippen LogP) is 4.53. The summed E-state index contributed by atoms with van der Waals surface area (Å²) in [6, 6.07) is 8.06. The smallest absolute Gasteiger partial charge is 0.264 e. The van der Waals surface area contributed by atoms with Gasteiger partial charge in [-0.3, -0.25) is 13.8 Å². The molecule has 3 N–H and O–H groups in total. The Morgan fingerprint density at radius 3 is 2.78 bits per heavy atom. The molecule has 0 atom stereocenters. The fourth-order valence-corrected chi connectivity index (χ4v) is 5.38. The second kappa shape index (κ2) is 9.07. The van der Waals surface area contributed by atoms with Crippen LogP contribution in [0.15, 0.2) is 71.6 Å². The van der Waals surface area contributed by atoms with Gasteiger partial charge in [0.1, 0.15) is 10.7 Å². The van der Waals surface area contributed by atoms with E-state index in [-0.39, 0.29) is 32.7 Å². The lowest BCUT2D eigenvalue weighted by Gasteiger charge is -2.21. The van der Waals surface area contributed by atoms with Gasteiger partial charge in [-0.15, -0.1) is 0 Å². The maximum atomic E-state index is 13.2. The zero-order chi connectivity index (χ0) is 22.9. The zero-order valence-corrected chi connectivity index (χ0v) is 19.2. The van der Waals surface area contributed by atoms with Gasteiger partial charge in [0.05, 0.1) is 29.1 Å². The third kappa shape index (κ3) is 4.73. The number of rotatable bonds is 6. The summed E-state index contributed by atoms with van der Waals surface area (Å²) < 4.78 is 46.4. The molecule has 2 aliphatic heterocycles. The molecule has 0 unspecified atom stereocenters. The van der Waals surface area contributed by atoms with Crippen molar-refractivity contribution in [2.24, 2.45) is 0 Å². The lowest BCUT2D eigenvalue weighted by Crippen LogP contribution is -2.26. The summed E-state index contributed by atoms with van der Waals surface area (Å²) in [7, 11) is -4.03. The number of carbonyl (C=O) groups is 1. The molecule has 0 saturated carbocycles. The molecule has 166 valence electrons. The van der Waals surface area contributed by atoms with E-state index in [1.807, 2.05) is 0 Å². The highest BCUT2D eigenvalue weighted by molar-refractivity contribution is 7.97. The Bertz CT molecular complexity index is 1300. The van der Waals surface area contributed by atoms with Crippen LogP contribution >= 0.6 is 35.3 Å². The number of fused-ring (bicyclic) bond motifs is 1. The third-order valence-electron chi connectivity index (χ3n) is 4.52. The highest BCUT2D eigenvalue weighted by Crippen LogP contribution is 2.34. The molecule has 4 rings (SSSR count). The van der Waals surface area contributed by atoms with Crippen molar-refractivity contribution >= 4 is 57.0 Å². The molecule has 0 aromatic heterocycles. The van der Waals surface area contributed by atoms with E-state index in [0.29, 0.717) is 11.3 Å². The van der Waals surface area contributed by atoms with Crippen LogP contribution < -0.4 is 14.8 Å². The average molecular weight is 513 g/mol. The first-order valence-corrected chi connectivity index (χ1v) is 12.1. The van der Waals surface area contributed by atoms with Gasteiger partial charge in [-0.1, -0.05) is 29.3 Å². The molecule has 0 aliphatic carbocycles. The maximum Gasteiger partial charge on any atom is 0.264 e. The fraction of sp³-hybridized carbons (Fsp3) is 0.0500. The van der Waals surface area contributed by atoms with E-state index in [0.717, 1.165) is 6.07 Å². The van der Waals surface area contributed by atoms with Crippen molar-refractivity contribution in [3.8, 4) is 0 Å². The second-order valence-corrected chi connectivity index (χ2v) is 9.96. The van der Waals surface area contributed by atoms with Gasteiger partial charge < -0.3 is 10.0 Å². The quantitative estimate of drug-likeness (QED) is 0.492. The average Bonchev–Trinajstić information content (AvgIpc) is 3.23. The summed E-state index contributed by atoms with van der Waals surface area (Å²) in [5, 5.41) is 3.06. The molecule has 0 spiro atoms. The van der Waals surface area contributed by atoms with Crippen molar-refractivity contribution in [3.05, 3.63) is 98.5 Å². The molecule has 0 saturated heterocycles. The monoisotopic (exact) mass is 512 g/mol. The number of halogens is 3. The number of amides is 1. The molecule has 0 fully saturated rings. The van der Waals surface area contributed by atoms with E-state index < -0.39 is 21.7 Å². The number of sulfonamides is 1. The number of allylic oxidation sites excluding steroid dienone is 2. The van der Waals surface area contributed by atoms with E-state index in [2.05, 4.69) is 14.8 Å². The van der Waals surface area contributed by atoms with Gasteiger partial charge in [0.25, 0.3) is 15.9 Å². The molecule has 12 heteroatoms. The third-order valence-corrected chi connectivity index (χ3v) is 7.26. The number of benzene rings is 2. The number of hydrogen-bond donors (Lipinski definition) is 3. The standard InChI is InChI=1S/C20H15Cl2FN4O3S2/c21-13-4-6-17(26-32(29,30)19-2-1-7-27-18(19)11-25-31-27)15(8-13)20(28)24-10-12-3-5-14(23)9-16(12)22/h1-9,11,25-26H,10H2,(H,24,28). The van der Waals surface area contributed by atoms with Gasteiger partial charge in [-0.05, 0) is 48.0 Å². The van der Waals surface area contributed by atoms with Crippen molar-refractivity contribution in [1.82, 2.24) is 14.3 Å². The van der Waals surface area contributed by atoms with Crippen LogP contribution in [0.2, 0.25) is 10.0 Å². The van der Waals surface area contributed by atoms with Gasteiger partial charge in [0.2, 0.25) is 0 Å². The van der Waals surface area contributed by atoms with Crippen LogP contribution in [0.25, 0.3) is 0 Å². The highest BCUT2D eigenvalue weighted by atomic mass is 35.5. The van der Waals surface area contributed by atoms with Crippen molar-refractivity contribution < 1.29 is 17.6 Å². The number of nitrogens with one attached hydrogen (secondary N) is 3. The molecule has 0 radical (unpaired) electrons. The lowest BCUT2D eigenvalue weighted by molar-refractivity contribution is 0.0952. The first-order chi connectivity index (χ1) is 15.2. The van der Waals surface area contributed by atoms with Gasteiger partial charge in [-0.2, -0.15) is 0 Å². The molecule has 7 nitrogen and oxygen atoms in total. The van der Waals surface area contributed by atoms with Crippen molar-refractivity contribution in [2.45, 2.75) is 6.54 Å². The van der Waals surface area contributed by atoms with Crippen LogP contribution in [0, 0.1) is 5.82 Å². The largest absolute Gasteiger partial charge is 0.348 e.